The molecule has 84 valence electrons. The van der Waals surface area contributed by atoms with Gasteiger partial charge in [-0.1, -0.05) is 12.1 Å². The summed E-state index contributed by atoms with van der Waals surface area (Å²) in [4.78, 5) is -0.271. The Morgan fingerprint density at radius 2 is 1.76 bits per heavy atom. The van der Waals surface area contributed by atoms with E-state index >= 15 is 0 Å². The monoisotopic (exact) mass is 278 g/mol. The van der Waals surface area contributed by atoms with Gasteiger partial charge in [0, 0.05) is 16.5 Å². The molecule has 4 N–H and O–H groups in total. The first-order valence-electron chi connectivity index (χ1n) is 4.39. The summed E-state index contributed by atoms with van der Waals surface area (Å²) in [6, 6.07) is 6.87. The van der Waals surface area contributed by atoms with Crippen molar-refractivity contribution in [2.75, 3.05) is 5.73 Å². The van der Waals surface area contributed by atoms with Gasteiger partial charge in [0.25, 0.3) is 10.1 Å². The summed E-state index contributed by atoms with van der Waals surface area (Å²) in [5.41, 5.74) is 5.88. The van der Waals surface area contributed by atoms with Gasteiger partial charge in [-0.15, -0.1) is 0 Å². The second kappa shape index (κ2) is 5.23. The number of rotatable bonds is 1. The Bertz CT molecular complexity index is 661. The smallest absolute Gasteiger partial charge is 0.507 e. The van der Waals surface area contributed by atoms with E-state index in [0.29, 0.717) is 0 Å². The van der Waals surface area contributed by atoms with Crippen LogP contribution >= 0.6 is 0 Å². The average molecular weight is 278 g/mol. The van der Waals surface area contributed by atoms with Crippen molar-refractivity contribution in [3.05, 3.63) is 30.3 Å². The van der Waals surface area contributed by atoms with Crippen molar-refractivity contribution in [1.82, 2.24) is 0 Å². The Balaban J connectivity index is 0.00000144. The van der Waals surface area contributed by atoms with Crippen LogP contribution in [0, 0.1) is 0 Å². The molecule has 2 rings (SSSR count). The second-order valence-corrected chi connectivity index (χ2v) is 4.72. The number of aromatic hydroxyl groups is 1. The first-order valence-corrected chi connectivity index (χ1v) is 5.83. The molecular formula is C10H9KNO4S+. The largest absolute Gasteiger partial charge is 1.00 e. The normalized spacial score (nSPS) is 11.1. The molecule has 2 aromatic carbocycles. The van der Waals surface area contributed by atoms with E-state index in [-0.39, 0.29) is 78.5 Å². The van der Waals surface area contributed by atoms with Gasteiger partial charge in [0.15, 0.2) is 0 Å². The molecule has 17 heavy (non-hydrogen) atoms. The minimum Gasteiger partial charge on any atom is -0.507 e. The molecule has 0 heterocycles. The van der Waals surface area contributed by atoms with E-state index in [2.05, 4.69) is 0 Å². The maximum absolute atomic E-state index is 11.1. The van der Waals surface area contributed by atoms with E-state index in [0.717, 1.165) is 0 Å². The van der Waals surface area contributed by atoms with Gasteiger partial charge in [-0.25, -0.2) is 0 Å². The van der Waals surface area contributed by atoms with Crippen molar-refractivity contribution < 1.29 is 69.5 Å². The maximum Gasteiger partial charge on any atom is 1.00 e. The number of hydrogen-bond acceptors (Lipinski definition) is 4. The van der Waals surface area contributed by atoms with Crippen LogP contribution in [0.1, 0.15) is 0 Å². The third-order valence-corrected chi connectivity index (χ3v) is 3.20. The number of phenolic OH excluding ortho intramolecular Hbond substituents is 1. The summed E-state index contributed by atoms with van der Waals surface area (Å²) in [6.07, 6.45) is 0. The average Bonchev–Trinajstić information content (AvgIpc) is 2.16. The predicted octanol–water partition coefficient (Wildman–Crippen LogP) is -1.62. The third-order valence-electron chi connectivity index (χ3n) is 2.29. The van der Waals surface area contributed by atoms with Gasteiger partial charge in [0.1, 0.15) is 10.6 Å². The number of nitrogens with two attached hydrogens (primary N) is 1. The summed E-state index contributed by atoms with van der Waals surface area (Å²) >= 11 is 0. The SMILES string of the molecule is Nc1ccc(S(=O)(=O)O)c2cccc(O)c12.[K+]. The van der Waals surface area contributed by atoms with E-state index < -0.39 is 10.1 Å². The number of fused-ring (bicyclic) bond motifs is 1. The fraction of sp³-hybridized carbons (Fsp3) is 0. The summed E-state index contributed by atoms with van der Waals surface area (Å²) in [6.45, 7) is 0. The zero-order valence-electron chi connectivity index (χ0n) is 9.08. The van der Waals surface area contributed by atoms with Crippen molar-refractivity contribution in [3.8, 4) is 5.75 Å². The zero-order valence-corrected chi connectivity index (χ0v) is 13.0. The Labute approximate surface area is 141 Å². The molecule has 0 unspecified atom stereocenters. The van der Waals surface area contributed by atoms with Crippen molar-refractivity contribution in [1.29, 1.82) is 0 Å². The molecular weight excluding hydrogens is 269 g/mol. The van der Waals surface area contributed by atoms with Crippen LogP contribution in [0.15, 0.2) is 35.2 Å². The Hall–Kier alpha value is -0.154. The molecule has 2 aromatic rings. The zero-order chi connectivity index (χ0) is 11.9. The van der Waals surface area contributed by atoms with Crippen LogP contribution in [0.2, 0.25) is 0 Å². The van der Waals surface area contributed by atoms with Crippen molar-refractivity contribution >= 4 is 26.6 Å². The van der Waals surface area contributed by atoms with E-state index in [1.54, 1.807) is 0 Å². The first-order chi connectivity index (χ1) is 7.41. The second-order valence-electron chi connectivity index (χ2n) is 3.33. The van der Waals surface area contributed by atoms with Crippen LogP contribution < -0.4 is 57.1 Å². The van der Waals surface area contributed by atoms with E-state index in [4.69, 9.17) is 10.3 Å². The number of benzene rings is 2. The van der Waals surface area contributed by atoms with E-state index in [1.807, 2.05) is 0 Å². The van der Waals surface area contributed by atoms with Crippen LogP contribution in [0.25, 0.3) is 10.8 Å². The molecule has 7 heteroatoms. The van der Waals surface area contributed by atoms with Gasteiger partial charge in [0.05, 0.1) is 0 Å². The van der Waals surface area contributed by atoms with Crippen molar-refractivity contribution in [3.63, 3.8) is 0 Å². The molecule has 0 bridgehead atoms. The van der Waals surface area contributed by atoms with Crippen LogP contribution in [0.4, 0.5) is 5.69 Å². The Morgan fingerprint density at radius 3 is 2.35 bits per heavy atom. The summed E-state index contributed by atoms with van der Waals surface area (Å²) in [5, 5.41) is 10.0. The predicted molar refractivity (Wildman–Crippen MR) is 59.8 cm³/mol. The van der Waals surface area contributed by atoms with Gasteiger partial charge in [-0.05, 0) is 18.2 Å². The molecule has 0 aliphatic rings. The van der Waals surface area contributed by atoms with E-state index in [1.165, 1.54) is 30.3 Å². The van der Waals surface area contributed by atoms with Crippen LogP contribution in [0.3, 0.4) is 0 Å². The fourth-order valence-electron chi connectivity index (χ4n) is 1.61. The number of phenols is 1. The molecule has 0 atom stereocenters. The number of nitrogen functional groups attached to an aromatic ring is 1. The molecule has 0 amide bonds. The molecule has 0 aromatic heterocycles. The minimum atomic E-state index is -4.33. The third kappa shape index (κ3) is 2.82. The van der Waals surface area contributed by atoms with Crippen LogP contribution in [-0.2, 0) is 10.1 Å². The maximum atomic E-state index is 11.1. The quantitative estimate of drug-likeness (QED) is 0.331. The van der Waals surface area contributed by atoms with Gasteiger partial charge >= 0.3 is 51.4 Å². The Morgan fingerprint density at radius 1 is 1.12 bits per heavy atom. The Kier molecular flexibility index (Phi) is 4.58. The van der Waals surface area contributed by atoms with Crippen LogP contribution in [0.5, 0.6) is 5.75 Å². The molecule has 0 saturated carbocycles. The number of anilines is 1. The van der Waals surface area contributed by atoms with Crippen molar-refractivity contribution in [2.24, 2.45) is 0 Å². The summed E-state index contributed by atoms with van der Waals surface area (Å²) in [5.74, 6) is -0.125. The van der Waals surface area contributed by atoms with Gasteiger partial charge < -0.3 is 10.8 Å². The molecule has 0 radical (unpaired) electrons. The van der Waals surface area contributed by atoms with Crippen LogP contribution in [-0.4, -0.2) is 18.1 Å². The molecule has 0 aliphatic carbocycles. The molecule has 0 aliphatic heterocycles. The minimum absolute atomic E-state index is 0. The van der Waals surface area contributed by atoms with E-state index in [9.17, 15) is 13.5 Å². The first kappa shape index (κ1) is 14.9. The topological polar surface area (TPSA) is 101 Å². The van der Waals surface area contributed by atoms with Gasteiger partial charge in [-0.3, -0.25) is 4.55 Å². The standard InChI is InChI=1S/C10H9NO4S.K/c11-7-4-5-9(16(13,14)15)6-2-1-3-8(12)10(6)7;/h1-5,12H,11H2,(H,13,14,15);/q;+1. The molecule has 0 spiro atoms. The molecule has 0 saturated heterocycles. The molecule has 5 nitrogen and oxygen atoms in total. The summed E-state index contributed by atoms with van der Waals surface area (Å²) in [7, 11) is -4.33. The number of hydrogen-bond donors (Lipinski definition) is 3. The van der Waals surface area contributed by atoms with Crippen molar-refractivity contribution in [2.45, 2.75) is 4.90 Å². The van der Waals surface area contributed by atoms with Gasteiger partial charge in [-0.2, -0.15) is 8.42 Å². The van der Waals surface area contributed by atoms with Gasteiger partial charge in [0.2, 0.25) is 0 Å². The molecule has 0 fully saturated rings. The summed E-state index contributed by atoms with van der Waals surface area (Å²) < 4.78 is 31.2. The fourth-order valence-corrected chi connectivity index (χ4v) is 2.30.